The van der Waals surface area contributed by atoms with Crippen LogP contribution in [0.2, 0.25) is 0 Å². The van der Waals surface area contributed by atoms with E-state index in [9.17, 15) is 26.4 Å². The second-order valence-corrected chi connectivity index (χ2v) is 8.19. The predicted octanol–water partition coefficient (Wildman–Crippen LogP) is 3.78. The predicted molar refractivity (Wildman–Crippen MR) is 86.1 cm³/mol. The van der Waals surface area contributed by atoms with Gasteiger partial charge in [-0.3, -0.25) is 4.79 Å². The van der Waals surface area contributed by atoms with Crippen molar-refractivity contribution in [1.82, 2.24) is 0 Å². The molecule has 25 heavy (non-hydrogen) atoms. The van der Waals surface area contributed by atoms with Gasteiger partial charge in [0.05, 0.1) is 10.5 Å². The van der Waals surface area contributed by atoms with Crippen LogP contribution < -0.4 is 5.32 Å². The summed E-state index contributed by atoms with van der Waals surface area (Å²) < 4.78 is 60.1. The first-order valence-corrected chi connectivity index (χ1v) is 9.02. The van der Waals surface area contributed by atoms with Gasteiger partial charge >= 0.3 is 5.51 Å². The summed E-state index contributed by atoms with van der Waals surface area (Å²) in [6.45, 7) is 3.52. The smallest absolute Gasteiger partial charge is 0.312 e. The normalized spacial score (nSPS) is 11.8. The van der Waals surface area contributed by atoms with Gasteiger partial charge in [-0.25, -0.2) is 8.42 Å². The minimum Gasteiger partial charge on any atom is -0.312 e. The number of nitriles is 1. The van der Waals surface area contributed by atoms with Gasteiger partial charge in [0.25, 0.3) is 15.7 Å². The molecule has 0 radical (unpaired) electrons. The molecule has 0 fully saturated rings. The van der Waals surface area contributed by atoms with Crippen LogP contribution in [0.4, 0.5) is 18.2 Å². The number of anilines is 1. The van der Waals surface area contributed by atoms with Crippen molar-refractivity contribution >= 4 is 32.1 Å². The van der Waals surface area contributed by atoms with Crippen molar-refractivity contribution in [3.05, 3.63) is 45.8 Å². The summed E-state index contributed by atoms with van der Waals surface area (Å²) in [5, 5.41) is 12.0. The SMILES string of the molecule is Cc1sc(NC(=O)c2ccc(S(=O)(=O)C(F)(F)F)cc2)c(C#N)c1C. The molecule has 0 bridgehead atoms. The van der Waals surface area contributed by atoms with Crippen LogP contribution in [0.15, 0.2) is 29.2 Å². The summed E-state index contributed by atoms with van der Waals surface area (Å²) in [5.41, 5.74) is -4.40. The van der Waals surface area contributed by atoms with E-state index in [4.69, 9.17) is 5.26 Å². The molecule has 1 amide bonds. The van der Waals surface area contributed by atoms with E-state index in [0.29, 0.717) is 22.7 Å². The molecule has 0 saturated heterocycles. The highest BCUT2D eigenvalue weighted by Crippen LogP contribution is 2.32. The number of thiophene rings is 1. The van der Waals surface area contributed by atoms with E-state index < -0.39 is 26.1 Å². The first-order valence-electron chi connectivity index (χ1n) is 6.72. The molecule has 2 rings (SSSR count). The third-order valence-corrected chi connectivity index (χ3v) is 6.08. The summed E-state index contributed by atoms with van der Waals surface area (Å²) in [6, 6.07) is 5.37. The van der Waals surface area contributed by atoms with Gasteiger partial charge in [-0.2, -0.15) is 18.4 Å². The van der Waals surface area contributed by atoms with Gasteiger partial charge in [-0.05, 0) is 43.7 Å². The van der Waals surface area contributed by atoms with Gasteiger partial charge in [0.1, 0.15) is 11.1 Å². The largest absolute Gasteiger partial charge is 0.501 e. The maximum Gasteiger partial charge on any atom is 0.501 e. The first-order chi connectivity index (χ1) is 11.5. The van der Waals surface area contributed by atoms with Crippen molar-refractivity contribution in [2.75, 3.05) is 5.32 Å². The number of carbonyl (C=O) groups is 1. The second-order valence-electron chi connectivity index (χ2n) is 5.03. The Morgan fingerprint density at radius 3 is 2.24 bits per heavy atom. The Bertz CT molecular complexity index is 969. The van der Waals surface area contributed by atoms with Crippen molar-refractivity contribution in [2.24, 2.45) is 0 Å². The van der Waals surface area contributed by atoms with Crippen LogP contribution in [-0.4, -0.2) is 19.8 Å². The Morgan fingerprint density at radius 2 is 1.76 bits per heavy atom. The van der Waals surface area contributed by atoms with E-state index in [-0.39, 0.29) is 5.56 Å². The van der Waals surface area contributed by atoms with Crippen molar-refractivity contribution < 1.29 is 26.4 Å². The Balaban J connectivity index is 2.28. The molecule has 1 heterocycles. The van der Waals surface area contributed by atoms with Crippen LogP contribution in [-0.2, 0) is 9.84 Å². The molecular formula is C15H11F3N2O3S2. The van der Waals surface area contributed by atoms with Gasteiger partial charge in [0, 0.05) is 10.4 Å². The fourth-order valence-corrected chi connectivity index (χ4v) is 3.71. The summed E-state index contributed by atoms with van der Waals surface area (Å²) >= 11 is 1.20. The number of alkyl halides is 3. The van der Waals surface area contributed by atoms with Crippen LogP contribution >= 0.6 is 11.3 Å². The molecular weight excluding hydrogens is 377 g/mol. The molecule has 0 aliphatic heterocycles. The lowest BCUT2D eigenvalue weighted by atomic mass is 10.2. The lowest BCUT2D eigenvalue weighted by Gasteiger charge is -2.09. The summed E-state index contributed by atoms with van der Waals surface area (Å²) in [6.07, 6.45) is 0. The van der Waals surface area contributed by atoms with Gasteiger partial charge in [0.2, 0.25) is 0 Å². The van der Waals surface area contributed by atoms with Crippen LogP contribution in [0.25, 0.3) is 0 Å². The van der Waals surface area contributed by atoms with Crippen LogP contribution in [0.1, 0.15) is 26.4 Å². The Hall–Kier alpha value is -2.38. The Labute approximate surface area is 145 Å². The average molecular weight is 388 g/mol. The fourth-order valence-electron chi connectivity index (χ4n) is 1.94. The standard InChI is InChI=1S/C15H11F3N2O3S2/c1-8-9(2)24-14(12(8)7-19)20-13(21)10-3-5-11(6-4-10)25(22,23)15(16,17)18/h3-6H,1-2H3,(H,20,21). The van der Waals surface area contributed by atoms with Crippen molar-refractivity contribution in [3.63, 3.8) is 0 Å². The quantitative estimate of drug-likeness (QED) is 0.867. The van der Waals surface area contributed by atoms with E-state index in [1.807, 2.05) is 6.07 Å². The number of sulfone groups is 1. The number of amides is 1. The molecule has 0 saturated carbocycles. The summed E-state index contributed by atoms with van der Waals surface area (Å²) in [5.74, 6) is -0.659. The van der Waals surface area contributed by atoms with Crippen LogP contribution in [0.3, 0.4) is 0 Å². The fraction of sp³-hybridized carbons (Fsp3) is 0.200. The molecule has 10 heteroatoms. The highest BCUT2D eigenvalue weighted by atomic mass is 32.2. The lowest BCUT2D eigenvalue weighted by Crippen LogP contribution is -2.23. The zero-order valence-corrected chi connectivity index (χ0v) is 14.6. The van der Waals surface area contributed by atoms with E-state index in [1.54, 1.807) is 13.8 Å². The molecule has 0 atom stereocenters. The van der Waals surface area contributed by atoms with E-state index in [0.717, 1.165) is 22.6 Å². The lowest BCUT2D eigenvalue weighted by molar-refractivity contribution is -0.0436. The second kappa shape index (κ2) is 6.50. The van der Waals surface area contributed by atoms with E-state index >= 15 is 0 Å². The Morgan fingerprint density at radius 1 is 1.20 bits per heavy atom. The van der Waals surface area contributed by atoms with Gasteiger partial charge < -0.3 is 5.32 Å². The van der Waals surface area contributed by atoms with E-state index in [1.165, 1.54) is 11.3 Å². The number of nitrogens with zero attached hydrogens (tertiary/aromatic N) is 1. The van der Waals surface area contributed by atoms with Crippen LogP contribution in [0, 0.1) is 25.2 Å². The summed E-state index contributed by atoms with van der Waals surface area (Å²) in [4.78, 5) is 12.1. The molecule has 0 aliphatic rings. The third-order valence-electron chi connectivity index (χ3n) is 3.46. The minimum absolute atomic E-state index is 0.0336. The zero-order chi connectivity index (χ0) is 19.0. The van der Waals surface area contributed by atoms with E-state index in [2.05, 4.69) is 5.32 Å². The number of halogens is 3. The molecule has 1 N–H and O–H groups in total. The number of hydrogen-bond acceptors (Lipinski definition) is 5. The highest BCUT2D eigenvalue weighted by Gasteiger charge is 2.46. The minimum atomic E-state index is -5.46. The maximum atomic E-state index is 12.5. The molecule has 5 nitrogen and oxygen atoms in total. The number of hydrogen-bond donors (Lipinski definition) is 1. The monoisotopic (exact) mass is 388 g/mol. The van der Waals surface area contributed by atoms with Gasteiger partial charge in [-0.15, -0.1) is 11.3 Å². The molecule has 0 unspecified atom stereocenters. The molecule has 0 aliphatic carbocycles. The molecule has 1 aromatic heterocycles. The molecule has 2 aromatic rings. The topological polar surface area (TPSA) is 87.0 Å². The maximum absolute atomic E-state index is 12.5. The van der Waals surface area contributed by atoms with Crippen molar-refractivity contribution in [2.45, 2.75) is 24.3 Å². The zero-order valence-electron chi connectivity index (χ0n) is 12.9. The van der Waals surface area contributed by atoms with Gasteiger partial charge in [-0.1, -0.05) is 0 Å². The highest BCUT2D eigenvalue weighted by molar-refractivity contribution is 7.92. The van der Waals surface area contributed by atoms with Crippen molar-refractivity contribution in [1.29, 1.82) is 5.26 Å². The number of aryl methyl sites for hydroxylation is 1. The molecule has 0 spiro atoms. The third kappa shape index (κ3) is 3.52. The first kappa shape index (κ1) is 19.0. The summed E-state index contributed by atoms with van der Waals surface area (Å²) in [7, 11) is -5.46. The number of benzene rings is 1. The number of nitrogens with one attached hydrogen (secondary N) is 1. The molecule has 132 valence electrons. The van der Waals surface area contributed by atoms with Crippen LogP contribution in [0.5, 0.6) is 0 Å². The van der Waals surface area contributed by atoms with Crippen molar-refractivity contribution in [3.8, 4) is 6.07 Å². The number of rotatable bonds is 3. The van der Waals surface area contributed by atoms with Gasteiger partial charge in [0.15, 0.2) is 0 Å². The molecule has 1 aromatic carbocycles. The Kier molecular flexibility index (Phi) is 4.92. The average Bonchev–Trinajstić information content (AvgIpc) is 2.80. The number of carbonyl (C=O) groups excluding carboxylic acids is 1.